The number of fused-ring (bicyclic) bond motifs is 1. The maximum Gasteiger partial charge on any atom is 0.264 e. The lowest BCUT2D eigenvalue weighted by atomic mass is 9.79. The van der Waals surface area contributed by atoms with Gasteiger partial charge in [0.15, 0.2) is 5.17 Å². The average molecular weight is 468 g/mol. The van der Waals surface area contributed by atoms with E-state index in [1.54, 1.807) is 0 Å². The standard InChI is InChI=1S/C26H30ClN3OS/c1-6-12-30-22-11-10-18(13-19(22)16(2)15-26(30,4)5)14-23-24(31)29-25(32-23)28-21-9-7-8-20(27)17(21)3/h7-11,13-14,16H,6,12,15H2,1-5H3,(H,28,29,31)/b23-14+. The van der Waals surface area contributed by atoms with Gasteiger partial charge >= 0.3 is 0 Å². The number of anilines is 1. The van der Waals surface area contributed by atoms with Crippen molar-refractivity contribution in [3.8, 4) is 0 Å². The number of hydrogen-bond donors (Lipinski definition) is 1. The molecule has 1 unspecified atom stereocenters. The second-order valence-corrected chi connectivity index (χ2v) is 10.7. The van der Waals surface area contributed by atoms with E-state index in [9.17, 15) is 4.79 Å². The van der Waals surface area contributed by atoms with Crippen LogP contribution in [0.5, 0.6) is 0 Å². The van der Waals surface area contributed by atoms with E-state index < -0.39 is 0 Å². The molecule has 6 heteroatoms. The van der Waals surface area contributed by atoms with E-state index in [0.717, 1.165) is 36.2 Å². The summed E-state index contributed by atoms with van der Waals surface area (Å²) < 4.78 is 0. The van der Waals surface area contributed by atoms with Gasteiger partial charge in [0.2, 0.25) is 0 Å². The van der Waals surface area contributed by atoms with E-state index in [1.165, 1.54) is 23.0 Å². The van der Waals surface area contributed by atoms with Crippen molar-refractivity contribution in [2.45, 2.75) is 58.9 Å². The van der Waals surface area contributed by atoms with E-state index in [1.807, 2.05) is 31.2 Å². The van der Waals surface area contributed by atoms with Crippen LogP contribution in [-0.4, -0.2) is 23.2 Å². The topological polar surface area (TPSA) is 44.7 Å². The van der Waals surface area contributed by atoms with Crippen molar-refractivity contribution >= 4 is 51.9 Å². The first-order chi connectivity index (χ1) is 15.2. The molecule has 2 heterocycles. The number of benzene rings is 2. The molecule has 0 bridgehead atoms. The summed E-state index contributed by atoms with van der Waals surface area (Å²) in [5.41, 5.74) is 5.54. The highest BCUT2D eigenvalue weighted by Gasteiger charge is 2.35. The van der Waals surface area contributed by atoms with E-state index in [0.29, 0.717) is 21.0 Å². The molecule has 32 heavy (non-hydrogen) atoms. The highest BCUT2D eigenvalue weighted by Crippen LogP contribution is 2.44. The van der Waals surface area contributed by atoms with Crippen LogP contribution in [0, 0.1) is 6.92 Å². The van der Waals surface area contributed by atoms with Gasteiger partial charge in [-0.2, -0.15) is 0 Å². The number of aliphatic imine (C=N–C) groups is 1. The Morgan fingerprint density at radius 3 is 2.84 bits per heavy atom. The fourth-order valence-corrected chi connectivity index (χ4v) is 5.71. The summed E-state index contributed by atoms with van der Waals surface area (Å²) in [7, 11) is 0. The Labute approximate surface area is 200 Å². The summed E-state index contributed by atoms with van der Waals surface area (Å²) in [4.78, 5) is 20.4. The molecule has 1 N–H and O–H groups in total. The van der Waals surface area contributed by atoms with Crippen LogP contribution < -0.4 is 10.2 Å². The molecule has 2 aliphatic heterocycles. The minimum atomic E-state index is -0.118. The van der Waals surface area contributed by atoms with Gasteiger partial charge in [-0.05, 0) is 98.3 Å². The number of halogens is 1. The van der Waals surface area contributed by atoms with Crippen LogP contribution >= 0.6 is 23.4 Å². The van der Waals surface area contributed by atoms with Gasteiger partial charge in [-0.1, -0.05) is 37.6 Å². The van der Waals surface area contributed by atoms with Gasteiger partial charge < -0.3 is 10.2 Å². The van der Waals surface area contributed by atoms with Crippen LogP contribution in [0.25, 0.3) is 6.08 Å². The molecule has 0 saturated carbocycles. The van der Waals surface area contributed by atoms with Crippen molar-refractivity contribution in [1.82, 2.24) is 5.32 Å². The van der Waals surface area contributed by atoms with Crippen molar-refractivity contribution in [3.05, 3.63) is 63.0 Å². The molecule has 1 atom stereocenters. The molecular formula is C26H30ClN3OS. The molecule has 0 radical (unpaired) electrons. The maximum absolute atomic E-state index is 12.6. The lowest BCUT2D eigenvalue weighted by Crippen LogP contribution is -2.48. The summed E-state index contributed by atoms with van der Waals surface area (Å²) in [5.74, 6) is 0.354. The lowest BCUT2D eigenvalue weighted by Gasteiger charge is -2.47. The third kappa shape index (κ3) is 4.46. The summed E-state index contributed by atoms with van der Waals surface area (Å²) in [5, 5.41) is 4.12. The summed E-state index contributed by atoms with van der Waals surface area (Å²) in [6.45, 7) is 12.2. The predicted octanol–water partition coefficient (Wildman–Crippen LogP) is 7.04. The van der Waals surface area contributed by atoms with Crippen LogP contribution in [-0.2, 0) is 4.79 Å². The van der Waals surface area contributed by atoms with Crippen LogP contribution in [0.3, 0.4) is 0 Å². The molecule has 1 saturated heterocycles. The normalized spacial score (nSPS) is 22.4. The van der Waals surface area contributed by atoms with Gasteiger partial charge in [0, 0.05) is 22.8 Å². The third-order valence-electron chi connectivity index (χ3n) is 6.27. The van der Waals surface area contributed by atoms with Crippen molar-refractivity contribution in [2.24, 2.45) is 4.99 Å². The van der Waals surface area contributed by atoms with Crippen LogP contribution in [0.1, 0.15) is 63.1 Å². The van der Waals surface area contributed by atoms with Crippen LogP contribution in [0.2, 0.25) is 5.02 Å². The number of nitrogens with zero attached hydrogens (tertiary/aromatic N) is 2. The Bertz CT molecular complexity index is 1120. The summed E-state index contributed by atoms with van der Waals surface area (Å²) in [6, 6.07) is 12.2. The van der Waals surface area contributed by atoms with Crippen molar-refractivity contribution in [2.75, 3.05) is 11.4 Å². The zero-order valence-corrected chi connectivity index (χ0v) is 20.9. The molecule has 4 rings (SSSR count). The number of amides is 1. The van der Waals surface area contributed by atoms with Crippen LogP contribution in [0.15, 0.2) is 46.3 Å². The number of carbonyl (C=O) groups excluding carboxylic acids is 1. The fraction of sp³-hybridized carbons (Fsp3) is 0.385. The summed E-state index contributed by atoms with van der Waals surface area (Å²) in [6.07, 6.45) is 4.20. The molecule has 1 fully saturated rings. The Morgan fingerprint density at radius 1 is 1.31 bits per heavy atom. The average Bonchev–Trinajstić information content (AvgIpc) is 3.07. The first-order valence-corrected chi connectivity index (χ1v) is 12.4. The number of nitrogens with one attached hydrogen (secondary N) is 1. The maximum atomic E-state index is 12.6. The Kier molecular flexibility index (Phi) is 6.42. The highest BCUT2D eigenvalue weighted by atomic mass is 35.5. The molecule has 1 amide bonds. The third-order valence-corrected chi connectivity index (χ3v) is 7.59. The Morgan fingerprint density at radius 2 is 2.09 bits per heavy atom. The predicted molar refractivity (Wildman–Crippen MR) is 138 cm³/mol. The van der Waals surface area contributed by atoms with Gasteiger partial charge in [-0.25, -0.2) is 4.99 Å². The SMILES string of the molecule is CCCN1c2ccc(/C=C3/SC(=Nc4cccc(Cl)c4C)NC3=O)cc2C(C)CC1(C)C. The second kappa shape index (κ2) is 8.95. The number of thioether (sulfide) groups is 1. The molecule has 168 valence electrons. The first kappa shape index (κ1) is 22.9. The fourth-order valence-electron chi connectivity index (χ4n) is 4.70. The zero-order valence-electron chi connectivity index (χ0n) is 19.3. The molecule has 2 aromatic rings. The highest BCUT2D eigenvalue weighted by molar-refractivity contribution is 8.18. The number of amidine groups is 1. The van der Waals surface area contributed by atoms with Crippen molar-refractivity contribution < 1.29 is 4.79 Å². The number of rotatable bonds is 4. The molecule has 2 aliphatic rings. The van der Waals surface area contributed by atoms with Gasteiger partial charge in [0.1, 0.15) is 0 Å². The van der Waals surface area contributed by atoms with Gasteiger partial charge in [-0.3, -0.25) is 4.79 Å². The van der Waals surface area contributed by atoms with E-state index in [2.05, 4.69) is 61.1 Å². The molecule has 0 aliphatic carbocycles. The van der Waals surface area contributed by atoms with Gasteiger partial charge in [-0.15, -0.1) is 0 Å². The van der Waals surface area contributed by atoms with Crippen LogP contribution in [0.4, 0.5) is 11.4 Å². The molecule has 4 nitrogen and oxygen atoms in total. The molecular weight excluding hydrogens is 438 g/mol. The lowest BCUT2D eigenvalue weighted by molar-refractivity contribution is -0.115. The van der Waals surface area contributed by atoms with Crippen molar-refractivity contribution in [3.63, 3.8) is 0 Å². The smallest absolute Gasteiger partial charge is 0.264 e. The Balaban J connectivity index is 1.62. The quantitative estimate of drug-likeness (QED) is 0.490. The second-order valence-electron chi connectivity index (χ2n) is 9.25. The number of hydrogen-bond acceptors (Lipinski definition) is 4. The minimum absolute atomic E-state index is 0.118. The van der Waals surface area contributed by atoms with Gasteiger partial charge in [0.25, 0.3) is 5.91 Å². The molecule has 0 spiro atoms. The summed E-state index contributed by atoms with van der Waals surface area (Å²) >= 11 is 7.57. The van der Waals surface area contributed by atoms with E-state index >= 15 is 0 Å². The molecule has 2 aromatic carbocycles. The Hall–Kier alpha value is -2.24. The van der Waals surface area contributed by atoms with Gasteiger partial charge in [0.05, 0.1) is 10.6 Å². The minimum Gasteiger partial charge on any atom is -0.366 e. The first-order valence-electron chi connectivity index (χ1n) is 11.2. The monoisotopic (exact) mass is 467 g/mol. The zero-order chi connectivity index (χ0) is 23.0. The number of carbonyl (C=O) groups is 1. The largest absolute Gasteiger partial charge is 0.366 e. The molecule has 0 aromatic heterocycles. The van der Waals surface area contributed by atoms with Crippen molar-refractivity contribution in [1.29, 1.82) is 0 Å². The van der Waals surface area contributed by atoms with E-state index in [-0.39, 0.29) is 11.4 Å². The van der Waals surface area contributed by atoms with E-state index in [4.69, 9.17) is 11.6 Å².